The van der Waals surface area contributed by atoms with Crippen molar-refractivity contribution < 1.29 is 22.7 Å². The number of ether oxygens (including phenoxy) is 1. The minimum Gasteiger partial charge on any atom is -0.465 e. The lowest BCUT2D eigenvalue weighted by atomic mass is 10.1. The van der Waals surface area contributed by atoms with Crippen molar-refractivity contribution in [2.75, 3.05) is 26.7 Å². The lowest BCUT2D eigenvalue weighted by Gasteiger charge is -2.20. The van der Waals surface area contributed by atoms with Gasteiger partial charge in [-0.15, -0.1) is 0 Å². The van der Waals surface area contributed by atoms with Gasteiger partial charge in [0, 0.05) is 25.7 Å². The van der Waals surface area contributed by atoms with Gasteiger partial charge in [0.15, 0.2) is 0 Å². The van der Waals surface area contributed by atoms with Crippen molar-refractivity contribution in [2.24, 2.45) is 0 Å². The number of hydrogen-bond acceptors (Lipinski definition) is 5. The average molecular weight is 471 g/mol. The number of hydrogen-bond donors (Lipinski definition) is 1. The Balaban J connectivity index is 1.47. The first kappa shape index (κ1) is 24.7. The number of carbonyl (C=O) groups is 2. The molecule has 1 aliphatic rings. The van der Waals surface area contributed by atoms with E-state index in [1.807, 2.05) is 0 Å². The summed E-state index contributed by atoms with van der Waals surface area (Å²) in [4.78, 5) is 23.8. The van der Waals surface area contributed by atoms with E-state index in [-0.39, 0.29) is 5.91 Å². The van der Waals surface area contributed by atoms with Crippen molar-refractivity contribution in [3.8, 4) is 0 Å². The van der Waals surface area contributed by atoms with Crippen molar-refractivity contribution in [3.05, 3.63) is 71.3 Å². The number of sulfonamides is 1. The molecule has 0 saturated carbocycles. The van der Waals surface area contributed by atoms with E-state index in [9.17, 15) is 18.0 Å². The molecule has 3 rings (SSSR count). The maximum absolute atomic E-state index is 12.8. The van der Waals surface area contributed by atoms with Crippen LogP contribution in [0.2, 0.25) is 0 Å². The molecule has 1 amide bonds. The summed E-state index contributed by atoms with van der Waals surface area (Å²) < 4.78 is 31.9. The van der Waals surface area contributed by atoms with Gasteiger partial charge in [0.1, 0.15) is 0 Å². The predicted molar refractivity (Wildman–Crippen MR) is 127 cm³/mol. The summed E-state index contributed by atoms with van der Waals surface area (Å²) in [5.74, 6) is -0.636. The molecule has 1 saturated heterocycles. The van der Waals surface area contributed by atoms with Crippen LogP contribution >= 0.6 is 0 Å². The van der Waals surface area contributed by atoms with Gasteiger partial charge in [0.2, 0.25) is 15.9 Å². The van der Waals surface area contributed by atoms with Crippen molar-refractivity contribution >= 4 is 28.0 Å². The van der Waals surface area contributed by atoms with E-state index in [1.165, 1.54) is 13.2 Å². The molecule has 8 heteroatoms. The van der Waals surface area contributed by atoms with Crippen LogP contribution in [0.25, 0.3) is 6.08 Å². The van der Waals surface area contributed by atoms with Gasteiger partial charge in [0.25, 0.3) is 0 Å². The van der Waals surface area contributed by atoms with Crippen LogP contribution in [0.15, 0.2) is 59.5 Å². The fraction of sp³-hybridized carbons (Fsp3) is 0.360. The van der Waals surface area contributed by atoms with Gasteiger partial charge < -0.3 is 10.1 Å². The molecule has 2 aromatic rings. The van der Waals surface area contributed by atoms with Gasteiger partial charge in [-0.05, 0) is 60.7 Å². The molecule has 0 spiro atoms. The topological polar surface area (TPSA) is 92.8 Å². The van der Waals surface area contributed by atoms with Crippen molar-refractivity contribution in [3.63, 3.8) is 0 Å². The molecule has 1 N–H and O–H groups in total. The third-order valence-corrected chi connectivity index (χ3v) is 7.51. The van der Waals surface area contributed by atoms with Gasteiger partial charge in [0.05, 0.1) is 17.6 Å². The van der Waals surface area contributed by atoms with Crippen LogP contribution < -0.4 is 5.32 Å². The summed E-state index contributed by atoms with van der Waals surface area (Å²) in [6, 6.07) is 13.6. The summed E-state index contributed by atoms with van der Waals surface area (Å²) in [6.07, 6.45) is 7.66. The zero-order chi connectivity index (χ0) is 23.7. The molecule has 1 heterocycles. The quantitative estimate of drug-likeness (QED) is 0.471. The third kappa shape index (κ3) is 7.00. The summed E-state index contributed by atoms with van der Waals surface area (Å²) >= 11 is 0. The molecule has 0 radical (unpaired) electrons. The van der Waals surface area contributed by atoms with Crippen LogP contribution in [0.1, 0.15) is 47.2 Å². The normalized spacial score (nSPS) is 15.2. The van der Waals surface area contributed by atoms with E-state index in [0.29, 0.717) is 36.5 Å². The summed E-state index contributed by atoms with van der Waals surface area (Å²) in [7, 11) is -2.12. The number of nitrogens with zero attached hydrogens (tertiary/aromatic N) is 1. The summed E-state index contributed by atoms with van der Waals surface area (Å²) in [5.41, 5.74) is 2.19. The van der Waals surface area contributed by atoms with Crippen LogP contribution in [-0.2, 0) is 26.0 Å². The Bertz CT molecular complexity index is 1070. The Morgan fingerprint density at radius 2 is 1.61 bits per heavy atom. The molecule has 0 unspecified atom stereocenters. The molecule has 33 heavy (non-hydrogen) atoms. The maximum atomic E-state index is 12.8. The average Bonchev–Trinajstić information content (AvgIpc) is 3.13. The van der Waals surface area contributed by atoms with Gasteiger partial charge >= 0.3 is 5.97 Å². The molecule has 0 aliphatic carbocycles. The molecule has 176 valence electrons. The highest BCUT2D eigenvalue weighted by molar-refractivity contribution is 7.89. The van der Waals surface area contributed by atoms with Gasteiger partial charge in [-0.25, -0.2) is 13.2 Å². The SMILES string of the molecule is COC(=O)c1ccc(/C=C/C(=O)NCCc2ccc(S(=O)(=O)N3CCCCCC3)cc2)cc1. The predicted octanol–water partition coefficient (Wildman–Crippen LogP) is 3.41. The Morgan fingerprint density at radius 3 is 2.21 bits per heavy atom. The summed E-state index contributed by atoms with van der Waals surface area (Å²) in [6.45, 7) is 1.60. The fourth-order valence-corrected chi connectivity index (χ4v) is 5.19. The first-order valence-corrected chi connectivity index (χ1v) is 12.6. The first-order valence-electron chi connectivity index (χ1n) is 11.1. The number of rotatable bonds is 8. The van der Waals surface area contributed by atoms with Crippen molar-refractivity contribution in [1.29, 1.82) is 0 Å². The Kier molecular flexibility index (Phi) is 8.79. The van der Waals surface area contributed by atoms with Crippen LogP contribution in [0, 0.1) is 0 Å². The molecule has 2 aromatic carbocycles. The van der Waals surface area contributed by atoms with Gasteiger partial charge in [-0.2, -0.15) is 4.31 Å². The highest BCUT2D eigenvalue weighted by Gasteiger charge is 2.24. The van der Waals surface area contributed by atoms with Crippen LogP contribution in [-0.4, -0.2) is 51.3 Å². The number of esters is 1. The number of methoxy groups -OCH3 is 1. The highest BCUT2D eigenvalue weighted by Crippen LogP contribution is 2.20. The monoisotopic (exact) mass is 470 g/mol. The standard InChI is InChI=1S/C25H30N2O5S/c1-32-25(29)22-11-6-20(7-12-22)10-15-24(28)26-17-16-21-8-13-23(14-9-21)33(30,31)27-18-4-2-3-5-19-27/h6-15H,2-5,16-19H2,1H3,(H,26,28)/b15-10+. The summed E-state index contributed by atoms with van der Waals surface area (Å²) in [5, 5.41) is 2.82. The smallest absolute Gasteiger partial charge is 0.337 e. The molecule has 0 aromatic heterocycles. The zero-order valence-corrected chi connectivity index (χ0v) is 19.6. The Hall–Kier alpha value is -2.97. The molecule has 1 fully saturated rings. The van der Waals surface area contributed by atoms with Gasteiger partial charge in [-0.1, -0.05) is 37.1 Å². The van der Waals surface area contributed by atoms with E-state index < -0.39 is 16.0 Å². The van der Waals surface area contributed by atoms with Crippen LogP contribution in [0.4, 0.5) is 0 Å². The lowest BCUT2D eigenvalue weighted by molar-refractivity contribution is -0.116. The van der Waals surface area contributed by atoms with E-state index in [2.05, 4.69) is 10.1 Å². The molecular weight excluding hydrogens is 440 g/mol. The minimum atomic E-state index is -3.45. The number of carbonyl (C=O) groups excluding carboxylic acids is 2. The second-order valence-electron chi connectivity index (χ2n) is 7.95. The van der Waals surface area contributed by atoms with Crippen molar-refractivity contribution in [1.82, 2.24) is 9.62 Å². The van der Waals surface area contributed by atoms with E-state index in [4.69, 9.17) is 0 Å². The lowest BCUT2D eigenvalue weighted by Crippen LogP contribution is -2.31. The highest BCUT2D eigenvalue weighted by atomic mass is 32.2. The molecular formula is C25H30N2O5S. The van der Waals surface area contributed by atoms with E-state index in [1.54, 1.807) is 58.9 Å². The number of benzene rings is 2. The second kappa shape index (κ2) is 11.8. The number of amides is 1. The van der Waals surface area contributed by atoms with E-state index in [0.717, 1.165) is 36.8 Å². The first-order chi connectivity index (χ1) is 15.9. The third-order valence-electron chi connectivity index (χ3n) is 5.60. The Labute approximate surface area is 195 Å². The van der Waals surface area contributed by atoms with E-state index >= 15 is 0 Å². The second-order valence-corrected chi connectivity index (χ2v) is 9.89. The Morgan fingerprint density at radius 1 is 0.970 bits per heavy atom. The maximum Gasteiger partial charge on any atom is 0.337 e. The van der Waals surface area contributed by atoms with Crippen LogP contribution in [0.3, 0.4) is 0 Å². The van der Waals surface area contributed by atoms with Crippen LogP contribution in [0.5, 0.6) is 0 Å². The zero-order valence-electron chi connectivity index (χ0n) is 18.8. The fourth-order valence-electron chi connectivity index (χ4n) is 3.67. The van der Waals surface area contributed by atoms with Gasteiger partial charge in [-0.3, -0.25) is 4.79 Å². The number of nitrogens with one attached hydrogen (secondary N) is 1. The minimum absolute atomic E-state index is 0.229. The molecule has 0 atom stereocenters. The molecule has 7 nitrogen and oxygen atoms in total. The van der Waals surface area contributed by atoms with Crippen molar-refractivity contribution in [2.45, 2.75) is 37.0 Å². The molecule has 0 bridgehead atoms. The largest absolute Gasteiger partial charge is 0.465 e. The molecule has 1 aliphatic heterocycles.